The molecule has 1 fully saturated rings. The molecule has 4 N–H and O–H groups in total. The predicted octanol–water partition coefficient (Wildman–Crippen LogP) is 1.93. The number of aromatic hydroxyl groups is 2. The van der Waals surface area contributed by atoms with Crippen LogP contribution in [0.1, 0.15) is 24.1 Å². The first-order valence-corrected chi connectivity index (χ1v) is 8.65. The molecule has 0 aliphatic carbocycles. The number of rotatable bonds is 2. The summed E-state index contributed by atoms with van der Waals surface area (Å²) in [6, 6.07) is 3.57. The molecule has 3 heterocycles. The van der Waals surface area contributed by atoms with Gasteiger partial charge in [-0.3, -0.25) is 4.98 Å². The second kappa shape index (κ2) is 6.45. The number of phenols is 2. The van der Waals surface area contributed by atoms with Crippen LogP contribution in [0.5, 0.6) is 11.5 Å². The molecule has 4 rings (SSSR count). The van der Waals surface area contributed by atoms with Gasteiger partial charge in [0.25, 0.3) is 0 Å². The Bertz CT molecular complexity index is 757. The monoisotopic (exact) mass is 329 g/mol. The number of nitrogens with zero attached hydrogens (tertiary/aromatic N) is 1. The van der Waals surface area contributed by atoms with Gasteiger partial charge in [0, 0.05) is 35.3 Å². The number of ether oxygens (including phenoxy) is 1. The summed E-state index contributed by atoms with van der Waals surface area (Å²) in [7, 11) is 0. The first kappa shape index (κ1) is 15.5. The van der Waals surface area contributed by atoms with Crippen molar-refractivity contribution in [3.63, 3.8) is 0 Å². The van der Waals surface area contributed by atoms with E-state index in [1.54, 1.807) is 12.1 Å². The van der Waals surface area contributed by atoms with Gasteiger partial charge in [-0.2, -0.15) is 0 Å². The molecule has 1 saturated heterocycles. The Hall–Kier alpha value is -2.05. The van der Waals surface area contributed by atoms with Gasteiger partial charge in [0.05, 0.1) is 18.7 Å². The van der Waals surface area contributed by atoms with E-state index in [4.69, 9.17) is 9.72 Å². The number of phenolic OH excluding ortho intramolecular Hbond substituents is 2. The van der Waals surface area contributed by atoms with Crippen LogP contribution in [0.15, 0.2) is 12.1 Å². The summed E-state index contributed by atoms with van der Waals surface area (Å²) in [4.78, 5) is 4.73. The Labute approximate surface area is 140 Å². The second-order valence-corrected chi connectivity index (χ2v) is 6.55. The average molecular weight is 329 g/mol. The maximum Gasteiger partial charge on any atom is 0.159 e. The van der Waals surface area contributed by atoms with Crippen LogP contribution < -0.4 is 10.6 Å². The van der Waals surface area contributed by atoms with Crippen molar-refractivity contribution in [1.29, 1.82) is 0 Å². The van der Waals surface area contributed by atoms with Crippen LogP contribution in [-0.4, -0.2) is 47.5 Å². The molecule has 1 aromatic carbocycles. The van der Waals surface area contributed by atoms with E-state index in [9.17, 15) is 10.2 Å². The summed E-state index contributed by atoms with van der Waals surface area (Å²) in [6.45, 7) is 3.38. The van der Waals surface area contributed by atoms with Gasteiger partial charge in [0.15, 0.2) is 11.5 Å². The van der Waals surface area contributed by atoms with E-state index in [0.717, 1.165) is 55.5 Å². The number of pyridine rings is 1. The third-order valence-electron chi connectivity index (χ3n) is 4.93. The van der Waals surface area contributed by atoms with Gasteiger partial charge in [0.2, 0.25) is 0 Å². The largest absolute Gasteiger partial charge is 0.504 e. The van der Waals surface area contributed by atoms with Gasteiger partial charge < -0.3 is 25.6 Å². The topological polar surface area (TPSA) is 86.6 Å². The van der Waals surface area contributed by atoms with E-state index in [-0.39, 0.29) is 11.5 Å². The number of hydrogen-bond acceptors (Lipinski definition) is 6. The van der Waals surface area contributed by atoms with Gasteiger partial charge in [-0.25, -0.2) is 0 Å². The lowest BCUT2D eigenvalue weighted by Crippen LogP contribution is -2.35. The zero-order chi connectivity index (χ0) is 16.5. The van der Waals surface area contributed by atoms with Crippen LogP contribution in [0, 0.1) is 0 Å². The second-order valence-electron chi connectivity index (χ2n) is 6.55. The zero-order valence-corrected chi connectivity index (χ0v) is 13.6. The molecule has 6 heteroatoms. The average Bonchev–Trinajstić information content (AvgIpc) is 2.83. The summed E-state index contributed by atoms with van der Waals surface area (Å²) >= 11 is 0. The SMILES string of the molecule is Oc1cc2nc3c(c(NC4CCNCC4)c2cc1O)CCOCC3. The van der Waals surface area contributed by atoms with Crippen LogP contribution in [0.4, 0.5) is 5.69 Å². The highest BCUT2D eigenvalue weighted by molar-refractivity contribution is 5.95. The number of nitrogens with one attached hydrogen (secondary N) is 2. The van der Waals surface area contributed by atoms with E-state index in [2.05, 4.69) is 10.6 Å². The molecule has 0 atom stereocenters. The van der Waals surface area contributed by atoms with Crippen molar-refractivity contribution in [2.24, 2.45) is 0 Å². The minimum Gasteiger partial charge on any atom is -0.504 e. The van der Waals surface area contributed by atoms with E-state index < -0.39 is 0 Å². The molecule has 1 aromatic heterocycles. The minimum atomic E-state index is -0.132. The lowest BCUT2D eigenvalue weighted by molar-refractivity contribution is 0.146. The highest BCUT2D eigenvalue weighted by Crippen LogP contribution is 2.37. The molecule has 0 bridgehead atoms. The fourth-order valence-corrected chi connectivity index (χ4v) is 3.63. The van der Waals surface area contributed by atoms with Crippen molar-refractivity contribution in [3.05, 3.63) is 23.4 Å². The molecule has 0 radical (unpaired) electrons. The fourth-order valence-electron chi connectivity index (χ4n) is 3.63. The molecular formula is C18H23N3O3. The van der Waals surface area contributed by atoms with Crippen LogP contribution in [0.2, 0.25) is 0 Å². The van der Waals surface area contributed by atoms with Crippen molar-refractivity contribution in [1.82, 2.24) is 10.3 Å². The van der Waals surface area contributed by atoms with Crippen molar-refractivity contribution >= 4 is 16.6 Å². The summed E-state index contributed by atoms with van der Waals surface area (Å²) in [6.07, 6.45) is 3.72. The molecule has 6 nitrogen and oxygen atoms in total. The maximum absolute atomic E-state index is 9.97. The quantitative estimate of drug-likeness (QED) is 0.630. The minimum absolute atomic E-state index is 0.109. The molecule has 2 aliphatic rings. The smallest absolute Gasteiger partial charge is 0.159 e. The van der Waals surface area contributed by atoms with E-state index >= 15 is 0 Å². The molecule has 2 aliphatic heterocycles. The van der Waals surface area contributed by atoms with Crippen LogP contribution in [0.25, 0.3) is 10.9 Å². The lowest BCUT2D eigenvalue weighted by Gasteiger charge is -2.27. The van der Waals surface area contributed by atoms with Gasteiger partial charge in [-0.15, -0.1) is 0 Å². The standard InChI is InChI=1S/C18H23N3O3/c22-16-9-13-15(10-17(16)23)21-14-4-8-24-7-3-12(14)18(13)20-11-1-5-19-6-2-11/h9-11,19,22-23H,1-8H2,(H,20,21). The van der Waals surface area contributed by atoms with E-state index in [0.29, 0.717) is 24.8 Å². The molecule has 0 amide bonds. The van der Waals surface area contributed by atoms with Crippen molar-refractivity contribution in [3.8, 4) is 11.5 Å². The summed E-state index contributed by atoms with van der Waals surface area (Å²) < 4.78 is 5.62. The van der Waals surface area contributed by atoms with Crippen LogP contribution >= 0.6 is 0 Å². The Morgan fingerprint density at radius 2 is 1.83 bits per heavy atom. The number of piperidine rings is 1. The Kier molecular flexibility index (Phi) is 4.16. The van der Waals surface area contributed by atoms with Crippen molar-refractivity contribution in [2.75, 3.05) is 31.6 Å². The van der Waals surface area contributed by atoms with Gasteiger partial charge in [-0.1, -0.05) is 0 Å². The van der Waals surface area contributed by atoms with Gasteiger partial charge in [-0.05, 0) is 44.0 Å². The third kappa shape index (κ3) is 2.87. The first-order chi connectivity index (χ1) is 11.7. The molecule has 128 valence electrons. The lowest BCUT2D eigenvalue weighted by atomic mass is 9.99. The first-order valence-electron chi connectivity index (χ1n) is 8.65. The molecular weight excluding hydrogens is 306 g/mol. The van der Waals surface area contributed by atoms with E-state index in [1.807, 2.05) is 0 Å². The highest BCUT2D eigenvalue weighted by atomic mass is 16.5. The summed E-state index contributed by atoms with van der Waals surface area (Å²) in [5.74, 6) is -0.241. The predicted molar refractivity (Wildman–Crippen MR) is 92.8 cm³/mol. The highest BCUT2D eigenvalue weighted by Gasteiger charge is 2.21. The molecule has 2 aromatic rings. The number of hydrogen-bond donors (Lipinski definition) is 4. The number of benzene rings is 1. The normalized spacial score (nSPS) is 19.0. The zero-order valence-electron chi connectivity index (χ0n) is 13.6. The van der Waals surface area contributed by atoms with Crippen LogP contribution in [0.3, 0.4) is 0 Å². The van der Waals surface area contributed by atoms with Crippen molar-refractivity contribution < 1.29 is 14.9 Å². The third-order valence-corrected chi connectivity index (χ3v) is 4.93. The number of fused-ring (bicyclic) bond motifs is 2. The fraction of sp³-hybridized carbons (Fsp3) is 0.500. The Balaban J connectivity index is 1.85. The number of aromatic nitrogens is 1. The summed E-state index contributed by atoms with van der Waals surface area (Å²) in [5, 5.41) is 27.8. The van der Waals surface area contributed by atoms with Crippen molar-refractivity contribution in [2.45, 2.75) is 31.7 Å². The molecule has 0 unspecified atom stereocenters. The Morgan fingerprint density at radius 1 is 1.08 bits per heavy atom. The van der Waals surface area contributed by atoms with Crippen LogP contribution in [-0.2, 0) is 17.6 Å². The van der Waals surface area contributed by atoms with Gasteiger partial charge >= 0.3 is 0 Å². The number of anilines is 1. The molecule has 24 heavy (non-hydrogen) atoms. The Morgan fingerprint density at radius 3 is 2.67 bits per heavy atom. The molecule has 0 spiro atoms. The summed E-state index contributed by atoms with van der Waals surface area (Å²) in [5.41, 5.74) is 3.97. The van der Waals surface area contributed by atoms with Gasteiger partial charge in [0.1, 0.15) is 0 Å². The maximum atomic E-state index is 9.97. The molecule has 0 saturated carbocycles. The van der Waals surface area contributed by atoms with E-state index in [1.165, 1.54) is 5.56 Å².